The highest BCUT2D eigenvalue weighted by molar-refractivity contribution is 5.69. The Morgan fingerprint density at radius 2 is 2.17 bits per heavy atom. The minimum atomic E-state index is -0.519. The summed E-state index contributed by atoms with van der Waals surface area (Å²) in [5.74, 6) is 0. The van der Waals surface area contributed by atoms with Crippen molar-refractivity contribution in [2.75, 3.05) is 30.8 Å². The fourth-order valence-corrected chi connectivity index (χ4v) is 2.69. The Labute approximate surface area is 137 Å². The van der Waals surface area contributed by atoms with Crippen LogP contribution in [0.15, 0.2) is 18.5 Å². The van der Waals surface area contributed by atoms with E-state index in [0.29, 0.717) is 12.2 Å². The molecule has 0 saturated carbocycles. The van der Waals surface area contributed by atoms with Gasteiger partial charge in [0.1, 0.15) is 5.60 Å². The second-order valence-electron chi connectivity index (χ2n) is 6.78. The second kappa shape index (κ2) is 7.04. The van der Waals surface area contributed by atoms with Crippen molar-refractivity contribution in [3.63, 3.8) is 0 Å². The number of nitrogens with one attached hydrogen (secondary N) is 1. The highest BCUT2D eigenvalue weighted by Crippen LogP contribution is 2.26. The van der Waals surface area contributed by atoms with Gasteiger partial charge in [0.15, 0.2) is 0 Å². The third-order valence-corrected chi connectivity index (χ3v) is 3.63. The molecule has 7 nitrogen and oxygen atoms in total. The Hall–Kier alpha value is -2.02. The minimum absolute atomic E-state index is 0.0104. The molecule has 7 heteroatoms. The van der Waals surface area contributed by atoms with Gasteiger partial charge in [0.2, 0.25) is 0 Å². The van der Waals surface area contributed by atoms with Gasteiger partial charge >= 0.3 is 6.09 Å². The van der Waals surface area contributed by atoms with E-state index in [0.717, 1.165) is 18.7 Å². The third-order valence-electron chi connectivity index (χ3n) is 3.63. The van der Waals surface area contributed by atoms with Gasteiger partial charge in [-0.3, -0.25) is 4.98 Å². The fourth-order valence-electron chi connectivity index (χ4n) is 2.69. The van der Waals surface area contributed by atoms with Crippen LogP contribution in [0.5, 0.6) is 0 Å². The number of nitrogens with two attached hydrogens (primary N) is 1. The van der Waals surface area contributed by atoms with Crippen LogP contribution < -0.4 is 16.0 Å². The topological polar surface area (TPSA) is 89.7 Å². The average Bonchev–Trinajstić information content (AvgIpc) is 2.45. The Kier molecular flexibility index (Phi) is 5.30. The zero-order chi connectivity index (χ0) is 17.0. The van der Waals surface area contributed by atoms with Crippen molar-refractivity contribution in [2.45, 2.75) is 44.9 Å². The number of carbonyl (C=O) groups is 1. The number of hydrogen-bond donors (Lipinski definition) is 2. The van der Waals surface area contributed by atoms with Gasteiger partial charge in [0.25, 0.3) is 0 Å². The molecule has 2 rings (SSSR count). The molecule has 1 fully saturated rings. The van der Waals surface area contributed by atoms with E-state index in [1.807, 2.05) is 26.8 Å². The maximum absolute atomic E-state index is 12.0. The number of amides is 1. The van der Waals surface area contributed by atoms with E-state index in [1.165, 1.54) is 0 Å². The number of rotatable bonds is 3. The molecule has 2 unspecified atom stereocenters. The number of pyridine rings is 1. The molecule has 0 bridgehead atoms. The van der Waals surface area contributed by atoms with Gasteiger partial charge in [-0.05, 0) is 33.3 Å². The van der Waals surface area contributed by atoms with E-state index >= 15 is 0 Å². The van der Waals surface area contributed by atoms with Crippen molar-refractivity contribution in [3.05, 3.63) is 18.5 Å². The number of nitrogens with zero attached hydrogens (tertiary/aromatic N) is 2. The number of alkyl carbamates (subject to hydrolysis) is 1. The summed E-state index contributed by atoms with van der Waals surface area (Å²) in [6.45, 7) is 6.89. The summed E-state index contributed by atoms with van der Waals surface area (Å²) in [5, 5.41) is 2.92. The maximum Gasteiger partial charge on any atom is 0.407 e. The Morgan fingerprint density at radius 3 is 2.78 bits per heavy atom. The lowest BCUT2D eigenvalue weighted by Crippen LogP contribution is -2.54. The molecule has 1 aromatic rings. The molecule has 3 N–H and O–H groups in total. The Balaban J connectivity index is 2.06. The summed E-state index contributed by atoms with van der Waals surface area (Å²) in [6.07, 6.45) is 3.66. The number of piperidine rings is 1. The van der Waals surface area contributed by atoms with E-state index < -0.39 is 11.7 Å². The first-order valence-corrected chi connectivity index (χ1v) is 7.75. The Morgan fingerprint density at radius 1 is 1.43 bits per heavy atom. The van der Waals surface area contributed by atoms with Crippen molar-refractivity contribution in [1.82, 2.24) is 10.3 Å². The summed E-state index contributed by atoms with van der Waals surface area (Å²) in [5.41, 5.74) is 7.00. The van der Waals surface area contributed by atoms with Crippen LogP contribution in [0, 0.1) is 0 Å². The molecule has 128 valence electrons. The zero-order valence-corrected chi connectivity index (χ0v) is 14.2. The smallest absolute Gasteiger partial charge is 0.407 e. The molecule has 2 heterocycles. The van der Waals surface area contributed by atoms with Crippen LogP contribution in [-0.4, -0.2) is 49.0 Å². The number of nitrogen functional groups attached to an aromatic ring is 1. The molecule has 23 heavy (non-hydrogen) atoms. The molecule has 1 aromatic heterocycles. The van der Waals surface area contributed by atoms with E-state index in [9.17, 15) is 4.79 Å². The first-order chi connectivity index (χ1) is 10.8. The molecular weight excluding hydrogens is 296 g/mol. The highest BCUT2D eigenvalue weighted by Gasteiger charge is 2.30. The van der Waals surface area contributed by atoms with E-state index in [4.69, 9.17) is 15.2 Å². The van der Waals surface area contributed by atoms with Crippen LogP contribution in [0.3, 0.4) is 0 Å². The molecular formula is C16H26N4O3. The molecule has 2 atom stereocenters. The number of ether oxygens (including phenoxy) is 2. The molecule has 0 aliphatic carbocycles. The molecule has 0 aromatic carbocycles. The van der Waals surface area contributed by atoms with E-state index in [-0.39, 0.29) is 12.1 Å². The van der Waals surface area contributed by atoms with Gasteiger partial charge in [0, 0.05) is 26.4 Å². The molecule has 1 saturated heterocycles. The second-order valence-corrected chi connectivity index (χ2v) is 6.78. The van der Waals surface area contributed by atoms with Crippen molar-refractivity contribution in [1.29, 1.82) is 0 Å². The lowest BCUT2D eigenvalue weighted by atomic mass is 10.0. The van der Waals surface area contributed by atoms with Crippen LogP contribution in [0.25, 0.3) is 0 Å². The van der Waals surface area contributed by atoms with Crippen molar-refractivity contribution < 1.29 is 14.3 Å². The lowest BCUT2D eigenvalue weighted by molar-refractivity contribution is 0.0434. The molecule has 1 aliphatic rings. The van der Waals surface area contributed by atoms with Gasteiger partial charge in [-0.2, -0.15) is 0 Å². The third kappa shape index (κ3) is 4.99. The van der Waals surface area contributed by atoms with Crippen LogP contribution in [0.2, 0.25) is 0 Å². The predicted octanol–water partition coefficient (Wildman–Crippen LogP) is 1.78. The van der Waals surface area contributed by atoms with Crippen molar-refractivity contribution in [3.8, 4) is 0 Å². The number of aromatic nitrogens is 1. The van der Waals surface area contributed by atoms with Crippen LogP contribution in [0.1, 0.15) is 27.2 Å². The lowest BCUT2D eigenvalue weighted by Gasteiger charge is -2.39. The number of carbonyl (C=O) groups excluding carboxylic acids is 1. The van der Waals surface area contributed by atoms with Gasteiger partial charge in [-0.1, -0.05) is 0 Å². The molecule has 0 spiro atoms. The van der Waals surface area contributed by atoms with E-state index in [1.54, 1.807) is 19.5 Å². The summed E-state index contributed by atoms with van der Waals surface area (Å²) < 4.78 is 10.8. The van der Waals surface area contributed by atoms with Crippen LogP contribution in [-0.2, 0) is 9.47 Å². The molecule has 1 aliphatic heterocycles. The highest BCUT2D eigenvalue weighted by atomic mass is 16.6. The quantitative estimate of drug-likeness (QED) is 0.882. The van der Waals surface area contributed by atoms with Gasteiger partial charge in [-0.25, -0.2) is 4.79 Å². The largest absolute Gasteiger partial charge is 0.444 e. The van der Waals surface area contributed by atoms with Crippen LogP contribution >= 0.6 is 0 Å². The summed E-state index contributed by atoms with van der Waals surface area (Å²) in [6, 6.07) is 1.80. The van der Waals surface area contributed by atoms with Crippen molar-refractivity contribution in [2.24, 2.45) is 0 Å². The summed E-state index contributed by atoms with van der Waals surface area (Å²) in [7, 11) is 1.68. The molecule has 1 amide bonds. The Bertz CT molecular complexity index is 544. The van der Waals surface area contributed by atoms with Crippen LogP contribution in [0.4, 0.5) is 16.2 Å². The molecule has 0 radical (unpaired) electrons. The van der Waals surface area contributed by atoms with Gasteiger partial charge in [0.05, 0.1) is 29.7 Å². The van der Waals surface area contributed by atoms with E-state index in [2.05, 4.69) is 15.2 Å². The minimum Gasteiger partial charge on any atom is -0.444 e. The van der Waals surface area contributed by atoms with Crippen molar-refractivity contribution >= 4 is 17.5 Å². The summed E-state index contributed by atoms with van der Waals surface area (Å²) >= 11 is 0. The zero-order valence-electron chi connectivity index (χ0n) is 14.2. The first-order valence-electron chi connectivity index (χ1n) is 7.75. The average molecular weight is 322 g/mol. The SMILES string of the molecule is COC1CC(NC(=O)OC(C)(C)C)CN(c2ccncc2N)C1. The normalized spacial score (nSPS) is 21.8. The van der Waals surface area contributed by atoms with Gasteiger partial charge < -0.3 is 25.4 Å². The predicted molar refractivity (Wildman–Crippen MR) is 89.4 cm³/mol. The summed E-state index contributed by atoms with van der Waals surface area (Å²) in [4.78, 5) is 18.1. The maximum atomic E-state index is 12.0. The monoisotopic (exact) mass is 322 g/mol. The first kappa shape index (κ1) is 17.3. The number of hydrogen-bond acceptors (Lipinski definition) is 6. The number of anilines is 2. The fraction of sp³-hybridized carbons (Fsp3) is 0.625. The van der Waals surface area contributed by atoms with Gasteiger partial charge in [-0.15, -0.1) is 0 Å². The standard InChI is InChI=1S/C16H26N4O3/c1-16(2,3)23-15(21)19-11-7-12(22-4)10-20(9-11)14-5-6-18-8-13(14)17/h5-6,8,11-12H,7,9-10,17H2,1-4H3,(H,19,21). The number of methoxy groups -OCH3 is 1.